The molecule has 5 heteroatoms. The molecule has 0 fully saturated rings. The molecule has 0 spiro atoms. The first-order chi connectivity index (χ1) is 7.85. The molecule has 1 aromatic carbocycles. The Morgan fingerprint density at radius 3 is 2.59 bits per heavy atom. The Balaban J connectivity index is 2.90. The maximum Gasteiger partial charge on any atom is 0.335 e. The average molecular weight is 302 g/mol. The molecule has 0 aromatic heterocycles. The van der Waals surface area contributed by atoms with Crippen LogP contribution in [0.3, 0.4) is 0 Å². The lowest BCUT2D eigenvalue weighted by molar-refractivity contribution is 0.0697. The molecule has 0 atom stereocenters. The first-order valence-corrected chi connectivity index (χ1v) is 6.07. The standard InChI is InChI=1S/C12H16BrNO3/c1-12(2,5-6-15)14-10-4-3-8(11(16)17)7-9(10)13/h3-4,7,14-15H,5-6H2,1-2H3,(H,16,17). The van der Waals surface area contributed by atoms with Gasteiger partial charge in [-0.25, -0.2) is 4.79 Å². The fourth-order valence-corrected chi connectivity index (χ4v) is 1.93. The van der Waals surface area contributed by atoms with Crippen LogP contribution in [0.2, 0.25) is 0 Å². The Bertz CT molecular complexity index is 418. The van der Waals surface area contributed by atoms with Crippen molar-refractivity contribution in [3.8, 4) is 0 Å². The van der Waals surface area contributed by atoms with E-state index in [-0.39, 0.29) is 17.7 Å². The van der Waals surface area contributed by atoms with E-state index in [9.17, 15) is 4.79 Å². The number of hydrogen-bond donors (Lipinski definition) is 3. The van der Waals surface area contributed by atoms with Gasteiger partial charge in [0.1, 0.15) is 0 Å². The molecule has 0 heterocycles. The zero-order valence-corrected chi connectivity index (χ0v) is 11.4. The summed E-state index contributed by atoms with van der Waals surface area (Å²) in [7, 11) is 0. The van der Waals surface area contributed by atoms with Crippen molar-refractivity contribution in [2.24, 2.45) is 0 Å². The topological polar surface area (TPSA) is 69.6 Å². The number of benzene rings is 1. The van der Waals surface area contributed by atoms with Crippen LogP contribution in [-0.4, -0.2) is 28.3 Å². The fraction of sp³-hybridized carbons (Fsp3) is 0.417. The van der Waals surface area contributed by atoms with Crippen molar-refractivity contribution in [2.45, 2.75) is 25.8 Å². The minimum absolute atomic E-state index is 0.102. The van der Waals surface area contributed by atoms with E-state index >= 15 is 0 Å². The molecule has 0 radical (unpaired) electrons. The van der Waals surface area contributed by atoms with Gasteiger partial charge < -0.3 is 15.5 Å². The van der Waals surface area contributed by atoms with E-state index in [0.29, 0.717) is 10.9 Å². The van der Waals surface area contributed by atoms with Crippen LogP contribution in [0.5, 0.6) is 0 Å². The second-order valence-electron chi connectivity index (χ2n) is 4.48. The number of aliphatic hydroxyl groups excluding tert-OH is 1. The second-order valence-corrected chi connectivity index (χ2v) is 5.34. The van der Waals surface area contributed by atoms with Crippen molar-refractivity contribution < 1.29 is 15.0 Å². The molecule has 3 N–H and O–H groups in total. The largest absolute Gasteiger partial charge is 0.478 e. The van der Waals surface area contributed by atoms with E-state index in [1.54, 1.807) is 18.2 Å². The van der Waals surface area contributed by atoms with Crippen LogP contribution < -0.4 is 5.32 Å². The van der Waals surface area contributed by atoms with Gasteiger partial charge in [-0.3, -0.25) is 0 Å². The molecular weight excluding hydrogens is 286 g/mol. The Morgan fingerprint density at radius 1 is 1.47 bits per heavy atom. The first-order valence-electron chi connectivity index (χ1n) is 5.27. The Morgan fingerprint density at radius 2 is 2.12 bits per heavy atom. The summed E-state index contributed by atoms with van der Waals surface area (Å²) in [5.74, 6) is -0.952. The van der Waals surface area contributed by atoms with Gasteiger partial charge in [0.05, 0.1) is 5.56 Å². The van der Waals surface area contributed by atoms with Crippen molar-refractivity contribution >= 4 is 27.6 Å². The second kappa shape index (κ2) is 5.51. The zero-order valence-electron chi connectivity index (χ0n) is 9.83. The predicted octanol–water partition coefficient (Wildman–Crippen LogP) is 2.72. The van der Waals surface area contributed by atoms with Crippen molar-refractivity contribution in [1.29, 1.82) is 0 Å². The number of halogens is 1. The fourth-order valence-electron chi connectivity index (χ4n) is 1.46. The van der Waals surface area contributed by atoms with Crippen LogP contribution in [0.4, 0.5) is 5.69 Å². The number of carboxylic acid groups (broad SMARTS) is 1. The van der Waals surface area contributed by atoms with Crippen molar-refractivity contribution in [2.75, 3.05) is 11.9 Å². The molecule has 1 rings (SSSR count). The molecule has 0 bridgehead atoms. The number of aromatic carboxylic acids is 1. The van der Waals surface area contributed by atoms with Crippen LogP contribution in [0.1, 0.15) is 30.6 Å². The number of carboxylic acids is 1. The minimum atomic E-state index is -0.952. The summed E-state index contributed by atoms with van der Waals surface area (Å²) in [4.78, 5) is 10.8. The van der Waals surface area contributed by atoms with Crippen LogP contribution in [0, 0.1) is 0 Å². The molecule has 4 nitrogen and oxygen atoms in total. The van der Waals surface area contributed by atoms with Gasteiger partial charge in [0.2, 0.25) is 0 Å². The van der Waals surface area contributed by atoms with Crippen molar-refractivity contribution in [1.82, 2.24) is 0 Å². The SMILES string of the molecule is CC(C)(CCO)Nc1ccc(C(=O)O)cc1Br. The summed E-state index contributed by atoms with van der Waals surface area (Å²) in [6, 6.07) is 4.82. The zero-order chi connectivity index (χ0) is 13.1. The number of anilines is 1. The van der Waals surface area contributed by atoms with E-state index in [2.05, 4.69) is 21.2 Å². The van der Waals surface area contributed by atoms with E-state index < -0.39 is 5.97 Å². The number of carbonyl (C=O) groups is 1. The average Bonchev–Trinajstić information content (AvgIpc) is 2.20. The normalized spacial score (nSPS) is 11.3. The monoisotopic (exact) mass is 301 g/mol. The van der Waals surface area contributed by atoms with Crippen LogP contribution in [0.25, 0.3) is 0 Å². The highest BCUT2D eigenvalue weighted by Crippen LogP contribution is 2.27. The summed E-state index contributed by atoms with van der Waals surface area (Å²) < 4.78 is 0.698. The third-order valence-corrected chi connectivity index (χ3v) is 3.08. The molecule has 94 valence electrons. The van der Waals surface area contributed by atoms with E-state index in [1.165, 1.54) is 0 Å². The minimum Gasteiger partial charge on any atom is -0.478 e. The van der Waals surface area contributed by atoms with Crippen LogP contribution >= 0.6 is 15.9 Å². The molecular formula is C12H16BrNO3. The summed E-state index contributed by atoms with van der Waals surface area (Å²) in [6.45, 7) is 4.05. The van der Waals surface area contributed by atoms with Crippen molar-refractivity contribution in [3.05, 3.63) is 28.2 Å². The van der Waals surface area contributed by atoms with Gasteiger partial charge in [-0.15, -0.1) is 0 Å². The summed E-state index contributed by atoms with van der Waals surface area (Å²) in [5.41, 5.74) is 0.804. The Labute approximate surface area is 109 Å². The van der Waals surface area contributed by atoms with Gasteiger partial charge in [0.25, 0.3) is 0 Å². The molecule has 0 saturated carbocycles. The highest BCUT2D eigenvalue weighted by molar-refractivity contribution is 9.10. The van der Waals surface area contributed by atoms with Crippen LogP contribution in [0.15, 0.2) is 22.7 Å². The lowest BCUT2D eigenvalue weighted by atomic mass is 10.0. The van der Waals surface area contributed by atoms with Crippen molar-refractivity contribution in [3.63, 3.8) is 0 Å². The maximum atomic E-state index is 10.8. The highest BCUT2D eigenvalue weighted by Gasteiger charge is 2.18. The first kappa shape index (κ1) is 14.0. The molecule has 0 aliphatic heterocycles. The van der Waals surface area contributed by atoms with Gasteiger partial charge in [-0.05, 0) is 54.4 Å². The molecule has 0 aliphatic carbocycles. The van der Waals surface area contributed by atoms with Gasteiger partial charge in [0.15, 0.2) is 0 Å². The van der Waals surface area contributed by atoms with Gasteiger partial charge >= 0.3 is 5.97 Å². The van der Waals surface area contributed by atoms with E-state index in [0.717, 1.165) is 5.69 Å². The molecule has 0 aliphatic rings. The lowest BCUT2D eigenvalue weighted by Gasteiger charge is -2.27. The lowest BCUT2D eigenvalue weighted by Crippen LogP contribution is -2.32. The summed E-state index contributed by atoms with van der Waals surface area (Å²) >= 11 is 3.33. The number of aliphatic hydroxyl groups is 1. The van der Waals surface area contributed by atoms with Gasteiger partial charge in [-0.1, -0.05) is 0 Å². The number of rotatable bonds is 5. The maximum absolute atomic E-state index is 10.8. The summed E-state index contributed by atoms with van der Waals surface area (Å²) in [5, 5.41) is 21.0. The number of nitrogens with one attached hydrogen (secondary N) is 1. The van der Waals surface area contributed by atoms with Gasteiger partial charge in [-0.2, -0.15) is 0 Å². The molecule has 0 saturated heterocycles. The molecule has 17 heavy (non-hydrogen) atoms. The quantitative estimate of drug-likeness (QED) is 0.782. The third kappa shape index (κ3) is 4.02. The molecule has 0 unspecified atom stereocenters. The predicted molar refractivity (Wildman–Crippen MR) is 70.5 cm³/mol. The Kier molecular flexibility index (Phi) is 4.54. The smallest absolute Gasteiger partial charge is 0.335 e. The summed E-state index contributed by atoms with van der Waals surface area (Å²) in [6.07, 6.45) is 0.611. The van der Waals surface area contributed by atoms with E-state index in [4.69, 9.17) is 10.2 Å². The highest BCUT2D eigenvalue weighted by atomic mass is 79.9. The Hall–Kier alpha value is -1.07. The molecule has 0 amide bonds. The van der Waals surface area contributed by atoms with E-state index in [1.807, 2.05) is 13.8 Å². The van der Waals surface area contributed by atoms with Gasteiger partial charge in [0, 0.05) is 22.3 Å². The molecule has 1 aromatic rings. The number of hydrogen-bond acceptors (Lipinski definition) is 3. The third-order valence-electron chi connectivity index (χ3n) is 2.43. The van der Waals surface area contributed by atoms with Crippen LogP contribution in [-0.2, 0) is 0 Å².